The second kappa shape index (κ2) is 13.5. The van der Waals surface area contributed by atoms with Crippen LogP contribution in [-0.2, 0) is 16.1 Å². The molecule has 1 aromatic carbocycles. The summed E-state index contributed by atoms with van der Waals surface area (Å²) in [4.78, 5) is 32.4. The molecule has 2 aromatic heterocycles. The zero-order valence-corrected chi connectivity index (χ0v) is 29.0. The number of hydrogen-bond donors (Lipinski definition) is 3. The number of fused-ring (bicyclic) bond motifs is 1. The summed E-state index contributed by atoms with van der Waals surface area (Å²) in [5.74, 6) is 1.41. The highest BCUT2D eigenvalue weighted by atomic mass is 35.5. The van der Waals surface area contributed by atoms with Crippen LogP contribution in [0.5, 0.6) is 0 Å². The van der Waals surface area contributed by atoms with Gasteiger partial charge in [0.05, 0.1) is 12.7 Å². The number of halogens is 1. The maximum absolute atomic E-state index is 13.9. The molecule has 4 rings (SSSR count). The molecule has 45 heavy (non-hydrogen) atoms. The first-order valence-electron chi connectivity index (χ1n) is 15.8. The molecule has 3 heterocycles. The summed E-state index contributed by atoms with van der Waals surface area (Å²) in [7, 11) is 0. The quantitative estimate of drug-likeness (QED) is 0.201. The van der Waals surface area contributed by atoms with E-state index in [2.05, 4.69) is 62.6 Å². The Bertz CT molecular complexity index is 1500. The molecular weight excluding hydrogens is 590 g/mol. The molecule has 246 valence electrons. The molecule has 0 radical (unpaired) electrons. The fraction of sp³-hybridized carbons (Fsp3) is 0.588. The highest BCUT2D eigenvalue weighted by Gasteiger charge is 2.36. The third-order valence-electron chi connectivity index (χ3n) is 8.44. The Morgan fingerprint density at radius 1 is 1.20 bits per heavy atom. The van der Waals surface area contributed by atoms with E-state index in [4.69, 9.17) is 21.3 Å². The first-order valence-corrected chi connectivity index (χ1v) is 16.3. The molecule has 1 fully saturated rings. The molecule has 3 aromatic rings. The van der Waals surface area contributed by atoms with Gasteiger partial charge in [-0.1, -0.05) is 39.8 Å². The second-order valence-electron chi connectivity index (χ2n) is 14.8. The molecule has 1 atom stereocenters. The molecule has 0 aliphatic carbocycles. The molecule has 10 nitrogen and oxygen atoms in total. The molecule has 0 spiro atoms. The van der Waals surface area contributed by atoms with Crippen molar-refractivity contribution in [2.24, 2.45) is 11.3 Å². The van der Waals surface area contributed by atoms with Crippen LogP contribution in [0.3, 0.4) is 0 Å². The molecular formula is C34H50ClN7O3. The summed E-state index contributed by atoms with van der Waals surface area (Å²) in [5, 5.41) is 14.8. The number of alkyl halides is 1. The highest BCUT2D eigenvalue weighted by Crippen LogP contribution is 2.36. The topological polar surface area (TPSA) is 113 Å². The number of rotatable bonds is 10. The van der Waals surface area contributed by atoms with Crippen molar-refractivity contribution in [1.82, 2.24) is 19.9 Å². The van der Waals surface area contributed by atoms with Crippen molar-refractivity contribution in [1.29, 1.82) is 0 Å². The minimum atomic E-state index is -0.724. The SMILES string of the molecule is CC(C)c1cnn2c(N(Cc3cccc(NC(=O)CCl)c3)C(=O)OC(C)(C)C)cc(NCC(C)(C)[C@@H]3CCC(C)(C)NC3)nc12. The van der Waals surface area contributed by atoms with E-state index in [1.54, 1.807) is 15.5 Å². The van der Waals surface area contributed by atoms with Crippen molar-refractivity contribution >= 4 is 46.6 Å². The lowest BCUT2D eigenvalue weighted by Crippen LogP contribution is -2.51. The number of ether oxygens (including phenoxy) is 1. The molecule has 1 aliphatic rings. The van der Waals surface area contributed by atoms with Crippen LogP contribution >= 0.6 is 11.6 Å². The van der Waals surface area contributed by atoms with Crippen LogP contribution in [0.1, 0.15) is 92.2 Å². The van der Waals surface area contributed by atoms with Crippen molar-refractivity contribution in [3.8, 4) is 0 Å². The molecule has 1 saturated heterocycles. The lowest BCUT2D eigenvalue weighted by atomic mass is 9.72. The molecule has 3 N–H and O–H groups in total. The summed E-state index contributed by atoms with van der Waals surface area (Å²) >= 11 is 5.71. The number of aromatic nitrogens is 3. The summed E-state index contributed by atoms with van der Waals surface area (Å²) < 4.78 is 7.61. The number of benzene rings is 1. The maximum Gasteiger partial charge on any atom is 0.416 e. The van der Waals surface area contributed by atoms with Crippen molar-refractivity contribution in [3.63, 3.8) is 0 Å². The Hall–Kier alpha value is -3.37. The number of hydrogen-bond acceptors (Lipinski definition) is 7. The van der Waals surface area contributed by atoms with Gasteiger partial charge in [-0.15, -0.1) is 11.6 Å². The maximum atomic E-state index is 13.9. The van der Waals surface area contributed by atoms with Crippen LogP contribution in [0, 0.1) is 11.3 Å². The van der Waals surface area contributed by atoms with Gasteiger partial charge in [-0.2, -0.15) is 9.61 Å². The lowest BCUT2D eigenvalue weighted by molar-refractivity contribution is -0.113. The molecule has 1 aliphatic heterocycles. The smallest absolute Gasteiger partial charge is 0.416 e. The van der Waals surface area contributed by atoms with Gasteiger partial charge in [-0.05, 0) is 89.0 Å². The van der Waals surface area contributed by atoms with E-state index in [1.165, 1.54) is 0 Å². The normalized spacial score (nSPS) is 16.9. The van der Waals surface area contributed by atoms with Gasteiger partial charge in [0.1, 0.15) is 23.1 Å². The van der Waals surface area contributed by atoms with Crippen molar-refractivity contribution in [2.75, 3.05) is 34.5 Å². The van der Waals surface area contributed by atoms with Crippen LogP contribution in [0.2, 0.25) is 0 Å². The van der Waals surface area contributed by atoms with Gasteiger partial charge in [0.15, 0.2) is 5.65 Å². The van der Waals surface area contributed by atoms with Gasteiger partial charge >= 0.3 is 6.09 Å². The lowest BCUT2D eigenvalue weighted by Gasteiger charge is -2.43. The van der Waals surface area contributed by atoms with Crippen LogP contribution in [0.15, 0.2) is 36.5 Å². The van der Waals surface area contributed by atoms with E-state index in [-0.39, 0.29) is 35.2 Å². The number of piperidine rings is 1. The second-order valence-corrected chi connectivity index (χ2v) is 15.0. The summed E-state index contributed by atoms with van der Waals surface area (Å²) in [5.41, 5.74) is 2.48. The monoisotopic (exact) mass is 639 g/mol. The van der Waals surface area contributed by atoms with Gasteiger partial charge in [0.25, 0.3) is 0 Å². The minimum Gasteiger partial charge on any atom is -0.443 e. The first kappa shape index (κ1) is 34.5. The third kappa shape index (κ3) is 8.88. The number of nitrogens with one attached hydrogen (secondary N) is 3. The van der Waals surface area contributed by atoms with E-state index in [1.807, 2.05) is 51.2 Å². The average molecular weight is 640 g/mol. The largest absolute Gasteiger partial charge is 0.443 e. The zero-order chi connectivity index (χ0) is 33.2. The van der Waals surface area contributed by atoms with E-state index in [0.717, 1.165) is 30.5 Å². The number of nitrogens with zero attached hydrogens (tertiary/aromatic N) is 4. The molecule has 0 saturated carbocycles. The third-order valence-corrected chi connectivity index (χ3v) is 8.68. The van der Waals surface area contributed by atoms with E-state index in [0.29, 0.717) is 35.4 Å². The Balaban J connectivity index is 1.73. The Labute approximate surface area is 272 Å². The minimum absolute atomic E-state index is 0.00263. The van der Waals surface area contributed by atoms with Crippen molar-refractivity contribution < 1.29 is 14.3 Å². The van der Waals surface area contributed by atoms with Crippen LogP contribution in [0.4, 0.5) is 22.1 Å². The highest BCUT2D eigenvalue weighted by molar-refractivity contribution is 6.29. The number of carbonyl (C=O) groups excluding carboxylic acids is 2. The summed E-state index contributed by atoms with van der Waals surface area (Å²) in [6.07, 6.45) is 3.58. The standard InChI is InChI=1S/C34H50ClN7O3/c1-22(2)26-19-38-42-29(16-27(40-30(26)42)36-21-33(6,7)24-13-14-34(8,9)37-18-24)41(31(44)45-32(3,4)5)20-23-11-10-12-25(15-23)39-28(43)17-35/h10-12,15-16,19,22,24,37H,13-14,17-18,20-21H2,1-9H3,(H,36,40)(H,39,43)/t24-/m1/s1. The Kier molecular flexibility index (Phi) is 10.4. The average Bonchev–Trinajstić information content (AvgIpc) is 3.38. The van der Waals surface area contributed by atoms with Gasteiger partial charge in [-0.3, -0.25) is 9.69 Å². The van der Waals surface area contributed by atoms with Crippen molar-refractivity contribution in [2.45, 2.75) is 98.8 Å². The number of carbonyl (C=O) groups is 2. The van der Waals surface area contributed by atoms with Crippen LogP contribution < -0.4 is 20.9 Å². The molecule has 0 unspecified atom stereocenters. The van der Waals surface area contributed by atoms with Gasteiger partial charge in [-0.25, -0.2) is 9.78 Å². The Morgan fingerprint density at radius 2 is 1.93 bits per heavy atom. The van der Waals surface area contributed by atoms with E-state index in [9.17, 15) is 9.59 Å². The van der Waals surface area contributed by atoms with Gasteiger partial charge in [0, 0.05) is 29.4 Å². The van der Waals surface area contributed by atoms with E-state index >= 15 is 0 Å². The Morgan fingerprint density at radius 3 is 2.56 bits per heavy atom. The summed E-state index contributed by atoms with van der Waals surface area (Å²) in [6.45, 7) is 20.7. The number of anilines is 3. The summed E-state index contributed by atoms with van der Waals surface area (Å²) in [6, 6.07) is 9.20. The van der Waals surface area contributed by atoms with Gasteiger partial charge in [0.2, 0.25) is 5.91 Å². The first-order chi connectivity index (χ1) is 21.0. The fourth-order valence-corrected chi connectivity index (χ4v) is 5.66. The predicted octanol–water partition coefficient (Wildman–Crippen LogP) is 7.19. The van der Waals surface area contributed by atoms with Crippen LogP contribution in [-0.4, -0.2) is 56.7 Å². The van der Waals surface area contributed by atoms with Gasteiger partial charge < -0.3 is 20.7 Å². The van der Waals surface area contributed by atoms with Crippen molar-refractivity contribution in [3.05, 3.63) is 47.7 Å². The van der Waals surface area contributed by atoms with Crippen LogP contribution in [0.25, 0.3) is 5.65 Å². The fourth-order valence-electron chi connectivity index (χ4n) is 5.59. The molecule has 11 heteroatoms. The molecule has 2 amide bonds. The predicted molar refractivity (Wildman–Crippen MR) is 182 cm³/mol. The van der Waals surface area contributed by atoms with E-state index < -0.39 is 11.7 Å². The zero-order valence-electron chi connectivity index (χ0n) is 28.3. The number of amides is 2. The molecule has 0 bridgehead atoms.